The van der Waals surface area contributed by atoms with Crippen LogP contribution in [0.15, 0.2) is 47.0 Å². The Bertz CT molecular complexity index is 751. The standard InChI is InChI=1S/C17H18N2O2/c1-17(2,3)16-18-15(19-21-16)11-20-14-10-6-8-12-7-4-5-9-13(12)14/h4-10H,11H2,1-3H3. The highest BCUT2D eigenvalue weighted by atomic mass is 16.5. The van der Waals surface area contributed by atoms with Crippen LogP contribution in [0.5, 0.6) is 5.75 Å². The lowest BCUT2D eigenvalue weighted by Crippen LogP contribution is -2.11. The lowest BCUT2D eigenvalue weighted by molar-refractivity contribution is 0.282. The molecular formula is C17H18N2O2. The molecule has 1 aromatic heterocycles. The van der Waals surface area contributed by atoms with E-state index in [0.29, 0.717) is 18.3 Å². The molecule has 0 bridgehead atoms. The summed E-state index contributed by atoms with van der Waals surface area (Å²) < 4.78 is 11.1. The minimum absolute atomic E-state index is 0.148. The Kier molecular flexibility index (Phi) is 3.37. The van der Waals surface area contributed by atoms with E-state index in [1.165, 1.54) is 0 Å². The lowest BCUT2D eigenvalue weighted by Gasteiger charge is -2.10. The lowest BCUT2D eigenvalue weighted by atomic mass is 9.97. The van der Waals surface area contributed by atoms with E-state index < -0.39 is 0 Å². The number of hydrogen-bond donors (Lipinski definition) is 0. The molecule has 0 atom stereocenters. The molecule has 4 nitrogen and oxygen atoms in total. The topological polar surface area (TPSA) is 48.2 Å². The fourth-order valence-electron chi connectivity index (χ4n) is 2.08. The van der Waals surface area contributed by atoms with E-state index in [2.05, 4.69) is 22.3 Å². The summed E-state index contributed by atoms with van der Waals surface area (Å²) in [5.41, 5.74) is -0.148. The second-order valence-electron chi connectivity index (χ2n) is 6.03. The van der Waals surface area contributed by atoms with Crippen LogP contribution in [0.2, 0.25) is 0 Å². The van der Waals surface area contributed by atoms with Crippen molar-refractivity contribution in [1.82, 2.24) is 10.1 Å². The van der Waals surface area contributed by atoms with Crippen LogP contribution >= 0.6 is 0 Å². The van der Waals surface area contributed by atoms with E-state index in [1.54, 1.807) is 0 Å². The second kappa shape index (κ2) is 5.20. The van der Waals surface area contributed by atoms with Crippen molar-refractivity contribution in [2.75, 3.05) is 0 Å². The molecular weight excluding hydrogens is 264 g/mol. The van der Waals surface area contributed by atoms with Gasteiger partial charge in [-0.15, -0.1) is 0 Å². The van der Waals surface area contributed by atoms with Crippen molar-refractivity contribution in [2.45, 2.75) is 32.8 Å². The van der Waals surface area contributed by atoms with Crippen LogP contribution in [0.25, 0.3) is 10.8 Å². The Labute approximate surface area is 123 Å². The molecule has 0 spiro atoms. The van der Waals surface area contributed by atoms with Gasteiger partial charge in [-0.05, 0) is 11.5 Å². The molecule has 0 saturated carbocycles. The van der Waals surface area contributed by atoms with Crippen LogP contribution in [0.1, 0.15) is 32.5 Å². The Morgan fingerprint density at radius 1 is 1.05 bits per heavy atom. The van der Waals surface area contributed by atoms with Gasteiger partial charge in [-0.2, -0.15) is 4.98 Å². The molecule has 0 amide bonds. The number of benzene rings is 2. The van der Waals surface area contributed by atoms with Crippen molar-refractivity contribution >= 4 is 10.8 Å². The van der Waals surface area contributed by atoms with E-state index in [9.17, 15) is 0 Å². The first-order valence-electron chi connectivity index (χ1n) is 6.98. The third kappa shape index (κ3) is 2.89. The third-order valence-electron chi connectivity index (χ3n) is 3.22. The van der Waals surface area contributed by atoms with E-state index in [0.717, 1.165) is 16.5 Å². The minimum atomic E-state index is -0.148. The summed E-state index contributed by atoms with van der Waals surface area (Å²) in [5, 5.41) is 6.20. The molecule has 108 valence electrons. The summed E-state index contributed by atoms with van der Waals surface area (Å²) in [6.07, 6.45) is 0. The van der Waals surface area contributed by atoms with Gasteiger partial charge in [-0.3, -0.25) is 0 Å². The fraction of sp³-hybridized carbons (Fsp3) is 0.294. The third-order valence-corrected chi connectivity index (χ3v) is 3.22. The molecule has 21 heavy (non-hydrogen) atoms. The summed E-state index contributed by atoms with van der Waals surface area (Å²) in [6.45, 7) is 6.41. The number of rotatable bonds is 3. The summed E-state index contributed by atoms with van der Waals surface area (Å²) in [4.78, 5) is 4.37. The number of aromatic nitrogens is 2. The highest BCUT2D eigenvalue weighted by Crippen LogP contribution is 2.26. The van der Waals surface area contributed by atoms with Gasteiger partial charge in [0.2, 0.25) is 11.7 Å². The van der Waals surface area contributed by atoms with Crippen molar-refractivity contribution in [3.63, 3.8) is 0 Å². The molecule has 3 aromatic rings. The first-order valence-corrected chi connectivity index (χ1v) is 6.98. The molecule has 3 rings (SSSR count). The van der Waals surface area contributed by atoms with Crippen LogP contribution in [0.3, 0.4) is 0 Å². The maximum Gasteiger partial charge on any atom is 0.232 e. The van der Waals surface area contributed by atoms with Crippen molar-refractivity contribution in [2.24, 2.45) is 0 Å². The molecule has 2 aromatic carbocycles. The summed E-state index contributed by atoms with van der Waals surface area (Å²) in [6, 6.07) is 14.1. The van der Waals surface area contributed by atoms with Crippen LogP contribution in [-0.4, -0.2) is 10.1 Å². The minimum Gasteiger partial charge on any atom is -0.485 e. The predicted octanol–water partition coefficient (Wildman–Crippen LogP) is 4.10. The first kappa shape index (κ1) is 13.6. The van der Waals surface area contributed by atoms with Gasteiger partial charge < -0.3 is 9.26 Å². The monoisotopic (exact) mass is 282 g/mol. The molecule has 0 N–H and O–H groups in total. The van der Waals surface area contributed by atoms with Crippen molar-refractivity contribution in [1.29, 1.82) is 0 Å². The molecule has 0 fully saturated rings. The predicted molar refractivity (Wildman–Crippen MR) is 81.3 cm³/mol. The Hall–Kier alpha value is -2.36. The summed E-state index contributed by atoms with van der Waals surface area (Å²) >= 11 is 0. The van der Waals surface area contributed by atoms with E-state index in [1.807, 2.05) is 51.1 Å². The average Bonchev–Trinajstić information content (AvgIpc) is 2.94. The molecule has 1 heterocycles. The smallest absolute Gasteiger partial charge is 0.232 e. The molecule has 0 unspecified atom stereocenters. The molecule has 0 saturated heterocycles. The van der Waals surface area contributed by atoms with Gasteiger partial charge in [0.25, 0.3) is 0 Å². The van der Waals surface area contributed by atoms with Gasteiger partial charge in [-0.25, -0.2) is 0 Å². The highest BCUT2D eigenvalue weighted by Gasteiger charge is 2.21. The maximum atomic E-state index is 5.85. The van der Waals surface area contributed by atoms with Gasteiger partial charge in [0.15, 0.2) is 6.61 Å². The molecule has 0 aliphatic carbocycles. The molecule has 0 radical (unpaired) electrons. The van der Waals surface area contributed by atoms with Gasteiger partial charge in [0.05, 0.1) is 0 Å². The number of ether oxygens (including phenoxy) is 1. The van der Waals surface area contributed by atoms with Crippen LogP contribution in [0, 0.1) is 0 Å². The number of hydrogen-bond acceptors (Lipinski definition) is 4. The van der Waals surface area contributed by atoms with Crippen LogP contribution in [0.4, 0.5) is 0 Å². The van der Waals surface area contributed by atoms with E-state index >= 15 is 0 Å². The zero-order valence-electron chi connectivity index (χ0n) is 12.5. The Morgan fingerprint density at radius 2 is 1.81 bits per heavy atom. The molecule has 0 aliphatic heterocycles. The highest BCUT2D eigenvalue weighted by molar-refractivity contribution is 5.88. The number of nitrogens with zero attached hydrogens (tertiary/aromatic N) is 2. The quantitative estimate of drug-likeness (QED) is 0.725. The van der Waals surface area contributed by atoms with E-state index in [4.69, 9.17) is 9.26 Å². The van der Waals surface area contributed by atoms with Gasteiger partial charge in [0.1, 0.15) is 5.75 Å². The summed E-state index contributed by atoms with van der Waals surface area (Å²) in [5.74, 6) is 2.02. The first-order chi connectivity index (χ1) is 10.0. The van der Waals surface area contributed by atoms with Crippen molar-refractivity contribution < 1.29 is 9.26 Å². The summed E-state index contributed by atoms with van der Waals surface area (Å²) in [7, 11) is 0. The molecule has 4 heteroatoms. The van der Waals surface area contributed by atoms with Gasteiger partial charge >= 0.3 is 0 Å². The zero-order chi connectivity index (χ0) is 14.9. The van der Waals surface area contributed by atoms with Crippen LogP contribution < -0.4 is 4.74 Å². The normalized spacial score (nSPS) is 11.8. The fourth-order valence-corrected chi connectivity index (χ4v) is 2.08. The largest absolute Gasteiger partial charge is 0.485 e. The van der Waals surface area contributed by atoms with Crippen molar-refractivity contribution in [3.05, 3.63) is 54.2 Å². The van der Waals surface area contributed by atoms with E-state index in [-0.39, 0.29) is 5.41 Å². The van der Waals surface area contributed by atoms with Crippen molar-refractivity contribution in [3.8, 4) is 5.75 Å². The SMILES string of the molecule is CC(C)(C)c1nc(COc2cccc3ccccc23)no1. The van der Waals surface area contributed by atoms with Crippen LogP contribution in [-0.2, 0) is 12.0 Å². The van der Waals surface area contributed by atoms with Gasteiger partial charge in [0, 0.05) is 10.8 Å². The second-order valence-corrected chi connectivity index (χ2v) is 6.03. The molecule has 0 aliphatic rings. The Balaban J connectivity index is 1.79. The zero-order valence-corrected chi connectivity index (χ0v) is 12.5. The Morgan fingerprint density at radius 3 is 2.57 bits per heavy atom. The maximum absolute atomic E-state index is 5.85. The van der Waals surface area contributed by atoms with Gasteiger partial charge in [-0.1, -0.05) is 62.3 Å². The average molecular weight is 282 g/mol. The number of fused-ring (bicyclic) bond motifs is 1.